The summed E-state index contributed by atoms with van der Waals surface area (Å²) in [6, 6.07) is 5.08. The molecule has 0 bridgehead atoms. The van der Waals surface area contributed by atoms with Gasteiger partial charge in [-0.05, 0) is 76.4 Å². The van der Waals surface area contributed by atoms with E-state index in [0.29, 0.717) is 43.5 Å². The van der Waals surface area contributed by atoms with Crippen molar-refractivity contribution in [2.45, 2.75) is 58.0 Å². The van der Waals surface area contributed by atoms with Crippen LogP contribution in [-0.2, 0) is 23.9 Å². The van der Waals surface area contributed by atoms with Crippen molar-refractivity contribution in [3.63, 3.8) is 0 Å². The molecule has 2 aliphatic heterocycles. The van der Waals surface area contributed by atoms with Crippen molar-refractivity contribution >= 4 is 40.4 Å². The summed E-state index contributed by atoms with van der Waals surface area (Å²) in [5.41, 5.74) is 0.974. The highest BCUT2D eigenvalue weighted by Crippen LogP contribution is 2.26. The van der Waals surface area contributed by atoms with Crippen molar-refractivity contribution in [1.82, 2.24) is 25.8 Å². The number of piperidine rings is 1. The number of nitrogens with zero attached hydrogens (tertiary/aromatic N) is 1. The topological polar surface area (TPSA) is 159 Å². The largest absolute Gasteiger partial charge is 0.496 e. The highest BCUT2D eigenvalue weighted by Gasteiger charge is 2.34. The van der Waals surface area contributed by atoms with Gasteiger partial charge in [0.2, 0.25) is 11.8 Å². The SMILES string of the molecule is COc1cccc2[nH]c(C(=O)N[C@@H](CC(C)C)C(=O)N[C@@H](C[C@@H]3CCNC3=O)C(=O)COC(=O)C3CCN(C)CC3)cc12. The van der Waals surface area contributed by atoms with Crippen LogP contribution in [0.1, 0.15) is 56.4 Å². The fourth-order valence-electron chi connectivity index (χ4n) is 5.67. The van der Waals surface area contributed by atoms with Gasteiger partial charge in [0.05, 0.1) is 19.1 Å². The first-order valence-corrected chi connectivity index (χ1v) is 15.0. The normalized spacial score (nSPS) is 19.1. The molecular formula is C31H43N5O7. The van der Waals surface area contributed by atoms with Gasteiger partial charge >= 0.3 is 5.97 Å². The third-order valence-corrected chi connectivity index (χ3v) is 8.21. The number of aromatic nitrogens is 1. The van der Waals surface area contributed by atoms with Gasteiger partial charge < -0.3 is 35.3 Å². The van der Waals surface area contributed by atoms with Crippen LogP contribution in [0.3, 0.4) is 0 Å². The van der Waals surface area contributed by atoms with Gasteiger partial charge in [-0.15, -0.1) is 0 Å². The Morgan fingerprint density at radius 2 is 1.81 bits per heavy atom. The highest BCUT2D eigenvalue weighted by atomic mass is 16.5. The van der Waals surface area contributed by atoms with Crippen LogP contribution in [0.2, 0.25) is 0 Å². The Morgan fingerprint density at radius 3 is 2.47 bits per heavy atom. The van der Waals surface area contributed by atoms with Crippen molar-refractivity contribution in [2.75, 3.05) is 40.4 Å². The molecule has 3 atom stereocenters. The number of ketones is 1. The molecular weight excluding hydrogens is 554 g/mol. The lowest BCUT2D eigenvalue weighted by molar-refractivity contribution is -0.154. The van der Waals surface area contributed by atoms with E-state index in [1.165, 1.54) is 0 Å². The zero-order chi connectivity index (χ0) is 31.1. The monoisotopic (exact) mass is 597 g/mol. The summed E-state index contributed by atoms with van der Waals surface area (Å²) >= 11 is 0. The lowest BCUT2D eigenvalue weighted by Gasteiger charge is -2.28. The van der Waals surface area contributed by atoms with Crippen LogP contribution in [-0.4, -0.2) is 91.8 Å². The molecule has 2 saturated heterocycles. The van der Waals surface area contributed by atoms with Gasteiger partial charge in [-0.2, -0.15) is 0 Å². The molecule has 12 heteroatoms. The van der Waals surface area contributed by atoms with E-state index >= 15 is 0 Å². The Hall–Kier alpha value is -3.93. The van der Waals surface area contributed by atoms with E-state index in [4.69, 9.17) is 9.47 Å². The minimum absolute atomic E-state index is 0.0455. The van der Waals surface area contributed by atoms with Gasteiger partial charge in [0.15, 0.2) is 12.4 Å². The number of hydrogen-bond acceptors (Lipinski definition) is 8. The van der Waals surface area contributed by atoms with E-state index in [9.17, 15) is 24.0 Å². The van der Waals surface area contributed by atoms with Crippen LogP contribution in [0.25, 0.3) is 10.9 Å². The summed E-state index contributed by atoms with van der Waals surface area (Å²) in [7, 11) is 3.54. The second-order valence-electron chi connectivity index (χ2n) is 12.0. The van der Waals surface area contributed by atoms with Crippen molar-refractivity contribution in [2.24, 2.45) is 17.8 Å². The first-order chi connectivity index (χ1) is 20.5. The van der Waals surface area contributed by atoms with Crippen molar-refractivity contribution < 1.29 is 33.4 Å². The van der Waals surface area contributed by atoms with E-state index < -0.39 is 48.2 Å². The number of nitrogens with one attached hydrogen (secondary N) is 4. The average Bonchev–Trinajstić information content (AvgIpc) is 3.61. The van der Waals surface area contributed by atoms with E-state index in [1.807, 2.05) is 27.0 Å². The van der Waals surface area contributed by atoms with Crippen LogP contribution < -0.4 is 20.7 Å². The van der Waals surface area contributed by atoms with Gasteiger partial charge in [0.1, 0.15) is 17.5 Å². The highest BCUT2D eigenvalue weighted by molar-refractivity contribution is 6.02. The summed E-state index contributed by atoms with van der Waals surface area (Å²) < 4.78 is 10.8. The molecule has 4 N–H and O–H groups in total. The second-order valence-corrected chi connectivity index (χ2v) is 12.0. The number of benzene rings is 1. The lowest BCUT2D eigenvalue weighted by Crippen LogP contribution is -2.53. The minimum atomic E-state index is -1.06. The van der Waals surface area contributed by atoms with Crippen LogP contribution >= 0.6 is 0 Å². The van der Waals surface area contributed by atoms with E-state index in [2.05, 4.69) is 25.8 Å². The predicted octanol–water partition coefficient (Wildman–Crippen LogP) is 1.79. The number of hydrogen-bond donors (Lipinski definition) is 4. The lowest BCUT2D eigenvalue weighted by atomic mass is 9.95. The molecule has 4 rings (SSSR count). The van der Waals surface area contributed by atoms with Gasteiger partial charge in [0.25, 0.3) is 5.91 Å². The molecule has 43 heavy (non-hydrogen) atoms. The van der Waals surface area contributed by atoms with Crippen LogP contribution in [0.4, 0.5) is 0 Å². The van der Waals surface area contributed by atoms with E-state index in [0.717, 1.165) is 18.5 Å². The summed E-state index contributed by atoms with van der Waals surface area (Å²) in [4.78, 5) is 70.3. The maximum atomic E-state index is 13.6. The molecule has 234 valence electrons. The molecule has 0 radical (unpaired) electrons. The number of Topliss-reactive ketones (excluding diaryl/α,β-unsaturated/α-hetero) is 1. The number of rotatable bonds is 13. The van der Waals surface area contributed by atoms with E-state index in [-0.39, 0.29) is 29.9 Å². The smallest absolute Gasteiger partial charge is 0.309 e. The number of amides is 3. The number of carbonyl (C=O) groups excluding carboxylic acids is 5. The molecule has 2 aromatic rings. The molecule has 1 aromatic heterocycles. The fraction of sp³-hybridized carbons (Fsp3) is 0.581. The maximum absolute atomic E-state index is 13.6. The second kappa shape index (κ2) is 14.5. The van der Waals surface area contributed by atoms with Crippen LogP contribution in [0.5, 0.6) is 5.75 Å². The summed E-state index contributed by atoms with van der Waals surface area (Å²) in [6.45, 7) is 5.40. The van der Waals surface area contributed by atoms with Gasteiger partial charge in [-0.25, -0.2) is 0 Å². The average molecular weight is 598 g/mol. The number of methoxy groups -OCH3 is 1. The maximum Gasteiger partial charge on any atom is 0.309 e. The standard InChI is InChI=1S/C31H43N5O7/c1-18(2)14-24(35-30(40)25-16-21-22(33-25)6-5-7-27(21)42-4)29(39)34-23(15-20-8-11-32-28(20)38)26(37)17-43-31(41)19-9-12-36(3)13-10-19/h5-7,16,18-20,23-24,33H,8-15,17H2,1-4H3,(H,32,38)(H,34,39)(H,35,40)/t20-,23-,24-/m0/s1. The molecule has 0 aliphatic carbocycles. The molecule has 1 aromatic carbocycles. The van der Waals surface area contributed by atoms with E-state index in [1.54, 1.807) is 25.3 Å². The number of fused-ring (bicyclic) bond motifs is 1. The van der Waals surface area contributed by atoms with Gasteiger partial charge in [-0.3, -0.25) is 24.0 Å². The summed E-state index contributed by atoms with van der Waals surface area (Å²) in [6.07, 6.45) is 2.24. The number of aromatic amines is 1. The fourth-order valence-corrected chi connectivity index (χ4v) is 5.67. The molecule has 0 unspecified atom stereocenters. The van der Waals surface area contributed by atoms with Crippen molar-refractivity contribution in [1.29, 1.82) is 0 Å². The Morgan fingerprint density at radius 1 is 1.07 bits per heavy atom. The Labute approximate surface area is 251 Å². The molecule has 2 aliphatic rings. The molecule has 2 fully saturated rings. The number of ether oxygens (including phenoxy) is 2. The van der Waals surface area contributed by atoms with Gasteiger partial charge in [0, 0.05) is 23.4 Å². The number of carbonyl (C=O) groups is 5. The Kier molecular flexibility index (Phi) is 10.8. The summed E-state index contributed by atoms with van der Waals surface area (Å²) in [5.74, 6) is -2.21. The third kappa shape index (κ3) is 8.34. The number of esters is 1. The number of likely N-dealkylation sites (tertiary alicyclic amines) is 1. The first-order valence-electron chi connectivity index (χ1n) is 15.0. The Balaban J connectivity index is 1.45. The van der Waals surface area contributed by atoms with Crippen LogP contribution in [0, 0.1) is 17.8 Å². The van der Waals surface area contributed by atoms with Crippen molar-refractivity contribution in [3.8, 4) is 5.75 Å². The third-order valence-electron chi connectivity index (χ3n) is 8.21. The summed E-state index contributed by atoms with van der Waals surface area (Å²) in [5, 5.41) is 9.06. The number of H-pyrrole nitrogens is 1. The minimum Gasteiger partial charge on any atom is -0.496 e. The molecule has 0 spiro atoms. The van der Waals surface area contributed by atoms with Crippen LogP contribution in [0.15, 0.2) is 24.3 Å². The zero-order valence-corrected chi connectivity index (χ0v) is 25.4. The van der Waals surface area contributed by atoms with Gasteiger partial charge in [-0.1, -0.05) is 19.9 Å². The zero-order valence-electron chi connectivity index (χ0n) is 25.4. The Bertz CT molecular complexity index is 1330. The first kappa shape index (κ1) is 32.0. The molecule has 0 saturated carbocycles. The molecule has 12 nitrogen and oxygen atoms in total. The predicted molar refractivity (Wildman–Crippen MR) is 159 cm³/mol. The quantitative estimate of drug-likeness (QED) is 0.255. The molecule has 3 amide bonds. The molecule has 3 heterocycles. The van der Waals surface area contributed by atoms with Crippen molar-refractivity contribution in [3.05, 3.63) is 30.0 Å².